The largest absolute Gasteiger partial charge is 1.00 e. The first-order chi connectivity index (χ1) is 2.27. The van der Waals surface area contributed by atoms with E-state index in [4.69, 9.17) is 10.8 Å². The minimum atomic E-state index is -1.08. The van der Waals surface area contributed by atoms with Crippen molar-refractivity contribution in [2.75, 3.05) is 6.54 Å². The van der Waals surface area contributed by atoms with Gasteiger partial charge in [-0.15, -0.1) is 0 Å². The van der Waals surface area contributed by atoms with Crippen LogP contribution in [0.2, 0.25) is 0 Å². The van der Waals surface area contributed by atoms with Crippen LogP contribution in [0.25, 0.3) is 5.73 Å². The Hall–Kier alpha value is -0.0505. The van der Waals surface area contributed by atoms with Crippen LogP contribution in [0.1, 0.15) is 0 Å². The quantitative estimate of drug-likeness (QED) is 0.522. The maximum atomic E-state index is 9.18. The number of aliphatic carboxylic acids is 1. The van der Waals surface area contributed by atoms with Gasteiger partial charge in [-0.3, -0.25) is 4.79 Å². The summed E-state index contributed by atoms with van der Waals surface area (Å²) in [7, 11) is 0. The smallest absolute Gasteiger partial charge is 0.668 e. The summed E-state index contributed by atoms with van der Waals surface area (Å²) in [5.74, 6) is -1.08. The van der Waals surface area contributed by atoms with Crippen molar-refractivity contribution in [2.45, 2.75) is 0 Å². The molecule has 0 saturated carbocycles. The molecule has 0 rings (SSSR count). The third-order valence-corrected chi connectivity index (χ3v) is 0.151. The van der Waals surface area contributed by atoms with E-state index in [1.54, 1.807) is 0 Å². The third kappa shape index (κ3) is 9.04. The van der Waals surface area contributed by atoms with Crippen molar-refractivity contribution in [3.8, 4) is 0 Å². The number of hydrogen-bond acceptors (Lipinski definition) is 1. The molecule has 0 bridgehead atoms. The molecule has 0 amide bonds. The van der Waals surface area contributed by atoms with Crippen LogP contribution in [0.3, 0.4) is 0 Å². The Morgan fingerprint density at radius 3 is 2.00 bits per heavy atom. The molecule has 3 nitrogen and oxygen atoms in total. The second kappa shape index (κ2) is 4.95. The molecule has 0 aliphatic carbocycles. The molecule has 2 N–H and O–H groups in total. The monoisotopic (exact) mass is 137 g/mol. The third-order valence-electron chi connectivity index (χ3n) is 0.151. The average Bonchev–Trinajstić information content (AvgIpc) is 1.38. The molecule has 0 radical (unpaired) electrons. The fourth-order valence-electron chi connectivity index (χ4n) is 0. The van der Waals surface area contributed by atoms with E-state index in [0.29, 0.717) is 0 Å². The number of nitrogens with one attached hydrogen (secondary N) is 1. The van der Waals surface area contributed by atoms with Crippen LogP contribution in [0.4, 0.5) is 0 Å². The summed E-state index contributed by atoms with van der Waals surface area (Å²) in [6.45, 7) is -0.528. The van der Waals surface area contributed by atoms with Gasteiger partial charge >= 0.3 is 17.1 Å². The van der Waals surface area contributed by atoms with Gasteiger partial charge in [0.25, 0.3) is 5.97 Å². The Kier molecular flexibility index (Phi) is 7.71. The Morgan fingerprint density at radius 1 is 1.83 bits per heavy atom. The fourth-order valence-corrected chi connectivity index (χ4v) is 0. The molecular weight excluding hydrogens is 134 g/mol. The number of hydrogen-bond donors (Lipinski definition) is 1. The van der Waals surface area contributed by atoms with E-state index in [9.17, 15) is 4.79 Å². The molecule has 0 saturated heterocycles. The average molecular weight is 138 g/mol. The van der Waals surface area contributed by atoms with Gasteiger partial charge < -0.3 is 10.8 Å². The Balaban J connectivity index is 0. The van der Waals surface area contributed by atoms with E-state index in [1.165, 1.54) is 0 Å². The second-order valence-corrected chi connectivity index (χ2v) is 0.571. The van der Waals surface area contributed by atoms with Gasteiger partial charge in [0.15, 0.2) is 0 Å². The molecule has 0 aliphatic heterocycles. The number of carboxylic acids is 1. The zero-order valence-corrected chi connectivity index (χ0v) is 3.81. The molecule has 0 atom stereocenters. The summed E-state index contributed by atoms with van der Waals surface area (Å²) in [4.78, 5) is 9.18. The molecule has 0 spiro atoms. The first-order valence-corrected chi connectivity index (χ1v) is 1.13. The summed E-state index contributed by atoms with van der Waals surface area (Å²) in [5, 5.41) is 7.53. The van der Waals surface area contributed by atoms with Crippen LogP contribution in [0, 0.1) is 0 Å². The predicted molar refractivity (Wildman–Crippen MR) is 16.8 cm³/mol. The minimum absolute atomic E-state index is 0. The molecule has 0 aromatic heterocycles. The first kappa shape index (κ1) is 9.34. The van der Waals surface area contributed by atoms with Gasteiger partial charge in [-0.2, -0.15) is 0 Å². The van der Waals surface area contributed by atoms with Gasteiger partial charge in [-0.05, 0) is 0 Å². The molecular formula is C2H4CuNO2. The van der Waals surface area contributed by atoms with Gasteiger partial charge in [-0.1, -0.05) is 6.54 Å². The molecule has 0 aromatic rings. The maximum Gasteiger partial charge on any atom is 1.00 e. The molecule has 0 heterocycles. The number of carboxylic acid groups (broad SMARTS) is 1. The summed E-state index contributed by atoms with van der Waals surface area (Å²) in [5.41, 5.74) is 6.06. The van der Waals surface area contributed by atoms with Crippen molar-refractivity contribution in [2.24, 2.45) is 0 Å². The van der Waals surface area contributed by atoms with Crippen LogP contribution < -0.4 is 0 Å². The van der Waals surface area contributed by atoms with Gasteiger partial charge in [0.2, 0.25) is 0 Å². The molecule has 0 fully saturated rings. The van der Waals surface area contributed by atoms with E-state index >= 15 is 0 Å². The molecule has 0 aliphatic rings. The summed E-state index contributed by atoms with van der Waals surface area (Å²) >= 11 is 0. The van der Waals surface area contributed by atoms with E-state index in [2.05, 4.69) is 0 Å². The summed E-state index contributed by atoms with van der Waals surface area (Å²) < 4.78 is 0. The molecule has 40 valence electrons. The topological polar surface area (TPSA) is 61.1 Å². The number of rotatable bonds is 1. The van der Waals surface area contributed by atoms with Crippen molar-refractivity contribution < 1.29 is 27.0 Å². The SMILES string of the molecule is [Cu+].[NH-]CC(=O)O. The van der Waals surface area contributed by atoms with Gasteiger partial charge in [-0.25, -0.2) is 0 Å². The number of carbonyl (C=O) groups is 1. The summed E-state index contributed by atoms with van der Waals surface area (Å²) in [6, 6.07) is 0. The fraction of sp³-hybridized carbons (Fsp3) is 0.500. The van der Waals surface area contributed by atoms with E-state index in [-0.39, 0.29) is 17.1 Å². The molecule has 4 heteroatoms. The van der Waals surface area contributed by atoms with Crippen LogP contribution in [-0.4, -0.2) is 17.6 Å². The van der Waals surface area contributed by atoms with Crippen molar-refractivity contribution in [3.63, 3.8) is 0 Å². The Bertz CT molecular complexity index is 46.8. The van der Waals surface area contributed by atoms with Crippen LogP contribution in [0.15, 0.2) is 0 Å². The van der Waals surface area contributed by atoms with Crippen LogP contribution >= 0.6 is 0 Å². The molecule has 0 unspecified atom stereocenters. The Labute approximate surface area is 46.0 Å². The molecule has 0 aromatic carbocycles. The van der Waals surface area contributed by atoms with Crippen molar-refractivity contribution in [1.82, 2.24) is 0 Å². The molecule has 6 heavy (non-hydrogen) atoms. The summed E-state index contributed by atoms with van der Waals surface area (Å²) in [6.07, 6.45) is 0. The van der Waals surface area contributed by atoms with Crippen molar-refractivity contribution in [3.05, 3.63) is 5.73 Å². The van der Waals surface area contributed by atoms with Gasteiger partial charge in [0.1, 0.15) is 0 Å². The second-order valence-electron chi connectivity index (χ2n) is 0.571. The van der Waals surface area contributed by atoms with Gasteiger partial charge in [0.05, 0.1) is 0 Å². The van der Waals surface area contributed by atoms with E-state index in [0.717, 1.165) is 0 Å². The van der Waals surface area contributed by atoms with Crippen molar-refractivity contribution in [1.29, 1.82) is 0 Å². The first-order valence-electron chi connectivity index (χ1n) is 1.13. The zero-order chi connectivity index (χ0) is 4.28. The van der Waals surface area contributed by atoms with Crippen LogP contribution in [0.5, 0.6) is 0 Å². The maximum absolute atomic E-state index is 9.18. The normalized spacial score (nSPS) is 6.17. The van der Waals surface area contributed by atoms with E-state index < -0.39 is 12.5 Å². The standard InChI is InChI=1S/C2H4NO2.Cu/c3-1-2(4)5;/h3H,1H2,(H,4,5);/q-1;+1. The van der Waals surface area contributed by atoms with Crippen molar-refractivity contribution >= 4 is 5.97 Å². The van der Waals surface area contributed by atoms with Gasteiger partial charge in [0, 0.05) is 0 Å². The van der Waals surface area contributed by atoms with Crippen LogP contribution in [-0.2, 0) is 21.9 Å². The Morgan fingerprint density at radius 2 is 2.00 bits per heavy atom. The van der Waals surface area contributed by atoms with E-state index in [1.807, 2.05) is 0 Å². The predicted octanol–water partition coefficient (Wildman–Crippen LogP) is 0.121. The minimum Gasteiger partial charge on any atom is -0.668 e. The zero-order valence-electron chi connectivity index (χ0n) is 2.86.